The third-order valence-electron chi connectivity index (χ3n) is 5.55. The quantitative estimate of drug-likeness (QED) is 0.496. The summed E-state index contributed by atoms with van der Waals surface area (Å²) in [6.07, 6.45) is 2.70. The minimum atomic E-state index is -4.07. The molecule has 1 aliphatic rings. The van der Waals surface area contributed by atoms with Crippen molar-refractivity contribution in [1.82, 2.24) is 5.32 Å². The van der Waals surface area contributed by atoms with Crippen LogP contribution >= 0.6 is 0 Å². The molecule has 2 N–H and O–H groups in total. The lowest BCUT2D eigenvalue weighted by molar-refractivity contribution is -0.125. The Hall–Kier alpha value is -3.72. The molecule has 4 rings (SSSR count). The number of benzene rings is 3. The SMILES string of the molecule is O=C(COC(=O)c1ccccc1NS(=O)(=O)c1ccc(F)cc1)N[C@@H]1CCCc2ccccc21. The van der Waals surface area contributed by atoms with Crippen LogP contribution in [0.5, 0.6) is 0 Å². The standard InChI is InChI=1S/C25H23FN2O5S/c26-18-12-14-19(15-13-18)34(31,32)28-23-10-4-3-9-21(23)25(30)33-16-24(29)27-22-11-5-7-17-6-1-2-8-20(17)22/h1-4,6,8-10,12-15,22,28H,5,7,11,16H2,(H,27,29)/t22-/m1/s1. The first kappa shape index (κ1) is 23.4. The molecule has 0 bridgehead atoms. The highest BCUT2D eigenvalue weighted by molar-refractivity contribution is 7.92. The van der Waals surface area contributed by atoms with E-state index < -0.39 is 34.3 Å². The summed E-state index contributed by atoms with van der Waals surface area (Å²) < 4.78 is 45.9. The zero-order valence-electron chi connectivity index (χ0n) is 18.2. The third kappa shape index (κ3) is 5.43. The second-order valence-corrected chi connectivity index (χ2v) is 9.57. The lowest BCUT2D eigenvalue weighted by Crippen LogP contribution is -2.34. The molecule has 7 nitrogen and oxygen atoms in total. The highest BCUT2D eigenvalue weighted by atomic mass is 32.2. The van der Waals surface area contributed by atoms with E-state index in [4.69, 9.17) is 4.74 Å². The molecule has 176 valence electrons. The van der Waals surface area contributed by atoms with Crippen molar-refractivity contribution in [2.24, 2.45) is 0 Å². The monoisotopic (exact) mass is 482 g/mol. The second kappa shape index (κ2) is 10.0. The number of carbonyl (C=O) groups is 2. The topological polar surface area (TPSA) is 102 Å². The Balaban J connectivity index is 1.40. The van der Waals surface area contributed by atoms with Gasteiger partial charge in [0.25, 0.3) is 15.9 Å². The maximum absolute atomic E-state index is 13.1. The van der Waals surface area contributed by atoms with E-state index in [0.717, 1.165) is 49.1 Å². The van der Waals surface area contributed by atoms with Crippen LogP contribution in [0, 0.1) is 5.82 Å². The first-order valence-electron chi connectivity index (χ1n) is 10.8. The lowest BCUT2D eigenvalue weighted by atomic mass is 9.88. The Bertz CT molecular complexity index is 1310. The Labute approximate surface area is 197 Å². The Morgan fingerprint density at radius 2 is 1.68 bits per heavy atom. The van der Waals surface area contributed by atoms with Crippen molar-refractivity contribution >= 4 is 27.6 Å². The molecule has 0 aromatic heterocycles. The average Bonchev–Trinajstić information content (AvgIpc) is 2.83. The zero-order valence-corrected chi connectivity index (χ0v) is 19.0. The number of hydrogen-bond donors (Lipinski definition) is 2. The summed E-state index contributed by atoms with van der Waals surface area (Å²) in [5, 5.41) is 2.90. The van der Waals surface area contributed by atoms with Crippen LogP contribution < -0.4 is 10.0 Å². The molecule has 1 atom stereocenters. The number of rotatable bonds is 7. The molecule has 3 aromatic carbocycles. The summed E-state index contributed by atoms with van der Waals surface area (Å²) in [6.45, 7) is -0.503. The second-order valence-electron chi connectivity index (χ2n) is 7.89. The average molecular weight is 483 g/mol. The number of amides is 1. The fourth-order valence-corrected chi connectivity index (χ4v) is 5.00. The van der Waals surface area contributed by atoms with Gasteiger partial charge in [-0.15, -0.1) is 0 Å². The molecule has 0 aliphatic heterocycles. The van der Waals surface area contributed by atoms with Crippen LogP contribution in [0.1, 0.15) is 40.4 Å². The van der Waals surface area contributed by atoms with Crippen LogP contribution in [0.15, 0.2) is 77.7 Å². The van der Waals surface area contributed by atoms with Gasteiger partial charge in [-0.25, -0.2) is 17.6 Å². The largest absolute Gasteiger partial charge is 0.452 e. The first-order chi connectivity index (χ1) is 16.3. The molecule has 0 saturated heterocycles. The number of anilines is 1. The summed E-state index contributed by atoms with van der Waals surface area (Å²) >= 11 is 0. The van der Waals surface area contributed by atoms with Gasteiger partial charge in [-0.2, -0.15) is 0 Å². The molecule has 0 radical (unpaired) electrons. The number of sulfonamides is 1. The highest BCUT2D eigenvalue weighted by Gasteiger charge is 2.23. The molecule has 0 saturated carbocycles. The van der Waals surface area contributed by atoms with E-state index in [1.165, 1.54) is 17.7 Å². The molecule has 0 fully saturated rings. The summed E-state index contributed by atoms with van der Waals surface area (Å²) in [7, 11) is -4.07. The molecule has 9 heteroatoms. The number of fused-ring (bicyclic) bond motifs is 1. The fraction of sp³-hybridized carbons (Fsp3) is 0.200. The molecule has 1 aliphatic carbocycles. The van der Waals surface area contributed by atoms with Gasteiger partial charge in [0.2, 0.25) is 0 Å². The smallest absolute Gasteiger partial charge is 0.340 e. The summed E-state index contributed by atoms with van der Waals surface area (Å²) in [5.41, 5.74) is 2.19. The molecule has 0 spiro atoms. The van der Waals surface area contributed by atoms with E-state index in [1.54, 1.807) is 12.1 Å². The van der Waals surface area contributed by atoms with Gasteiger partial charge in [0.15, 0.2) is 6.61 Å². The van der Waals surface area contributed by atoms with Crippen LogP contribution in [0.2, 0.25) is 0 Å². The van der Waals surface area contributed by atoms with Gasteiger partial charge in [0, 0.05) is 0 Å². The number of nitrogens with one attached hydrogen (secondary N) is 2. The lowest BCUT2D eigenvalue weighted by Gasteiger charge is -2.26. The van der Waals surface area contributed by atoms with Gasteiger partial charge in [-0.3, -0.25) is 9.52 Å². The zero-order chi connectivity index (χ0) is 24.1. The van der Waals surface area contributed by atoms with Crippen molar-refractivity contribution < 1.29 is 27.1 Å². The van der Waals surface area contributed by atoms with Gasteiger partial charge in [0.1, 0.15) is 5.82 Å². The molecular weight excluding hydrogens is 459 g/mol. The van der Waals surface area contributed by atoms with E-state index in [2.05, 4.69) is 10.0 Å². The number of hydrogen-bond acceptors (Lipinski definition) is 5. The normalized spacial score (nSPS) is 15.1. The number of halogens is 1. The molecule has 34 heavy (non-hydrogen) atoms. The van der Waals surface area contributed by atoms with E-state index in [0.29, 0.717) is 0 Å². The van der Waals surface area contributed by atoms with E-state index in [1.807, 2.05) is 24.3 Å². The van der Waals surface area contributed by atoms with Crippen molar-refractivity contribution in [1.29, 1.82) is 0 Å². The number of esters is 1. The molecular formula is C25H23FN2O5S. The van der Waals surface area contributed by atoms with Crippen LogP contribution in [0.4, 0.5) is 10.1 Å². The molecule has 1 amide bonds. The minimum absolute atomic E-state index is 0.0153. The van der Waals surface area contributed by atoms with Gasteiger partial charge in [0.05, 0.1) is 22.2 Å². The van der Waals surface area contributed by atoms with Crippen molar-refractivity contribution in [3.8, 4) is 0 Å². The predicted octanol–water partition coefficient (Wildman–Crippen LogP) is 3.98. The highest BCUT2D eigenvalue weighted by Crippen LogP contribution is 2.29. The van der Waals surface area contributed by atoms with Crippen molar-refractivity contribution in [2.45, 2.75) is 30.2 Å². The van der Waals surface area contributed by atoms with E-state index in [9.17, 15) is 22.4 Å². The molecule has 3 aromatic rings. The maximum Gasteiger partial charge on any atom is 0.340 e. The Morgan fingerprint density at radius 3 is 2.47 bits per heavy atom. The van der Waals surface area contributed by atoms with Crippen molar-refractivity contribution in [3.05, 3.63) is 95.3 Å². The van der Waals surface area contributed by atoms with Crippen molar-refractivity contribution in [2.75, 3.05) is 11.3 Å². The first-order valence-corrected chi connectivity index (χ1v) is 12.2. The fourth-order valence-electron chi connectivity index (χ4n) is 3.92. The van der Waals surface area contributed by atoms with E-state index >= 15 is 0 Å². The van der Waals surface area contributed by atoms with Crippen LogP contribution in [0.3, 0.4) is 0 Å². The Kier molecular flexibility index (Phi) is 6.93. The van der Waals surface area contributed by atoms with Crippen LogP contribution in [-0.2, 0) is 26.0 Å². The summed E-state index contributed by atoms with van der Waals surface area (Å²) in [4.78, 5) is 24.9. The summed E-state index contributed by atoms with van der Waals surface area (Å²) in [6, 6.07) is 17.9. The number of para-hydroxylation sites is 1. The van der Waals surface area contributed by atoms with Gasteiger partial charge in [-0.1, -0.05) is 36.4 Å². The number of carbonyl (C=O) groups excluding carboxylic acids is 2. The predicted molar refractivity (Wildman–Crippen MR) is 124 cm³/mol. The van der Waals surface area contributed by atoms with Gasteiger partial charge in [-0.05, 0) is 66.8 Å². The van der Waals surface area contributed by atoms with Gasteiger partial charge < -0.3 is 10.1 Å². The Morgan fingerprint density at radius 1 is 0.971 bits per heavy atom. The van der Waals surface area contributed by atoms with Gasteiger partial charge >= 0.3 is 5.97 Å². The van der Waals surface area contributed by atoms with E-state index in [-0.39, 0.29) is 22.2 Å². The minimum Gasteiger partial charge on any atom is -0.452 e. The maximum atomic E-state index is 13.1. The van der Waals surface area contributed by atoms with Crippen molar-refractivity contribution in [3.63, 3.8) is 0 Å². The third-order valence-corrected chi connectivity index (χ3v) is 6.94. The number of ether oxygens (including phenoxy) is 1. The number of aryl methyl sites for hydroxylation is 1. The van der Waals surface area contributed by atoms with Crippen LogP contribution in [0.25, 0.3) is 0 Å². The summed E-state index contributed by atoms with van der Waals surface area (Å²) in [5.74, 6) is -1.87. The van der Waals surface area contributed by atoms with Crippen LogP contribution in [-0.4, -0.2) is 26.9 Å². The molecule has 0 heterocycles. The molecule has 0 unspecified atom stereocenters.